The number of rotatable bonds is 4. The minimum Gasteiger partial charge on any atom is -0.349 e. The second-order valence-corrected chi connectivity index (χ2v) is 6.81. The summed E-state index contributed by atoms with van der Waals surface area (Å²) in [6, 6.07) is 1.90. The monoisotopic (exact) mass is 391 g/mol. The zero-order valence-corrected chi connectivity index (χ0v) is 16.5. The second-order valence-electron chi connectivity index (χ2n) is 6.81. The van der Waals surface area contributed by atoms with Crippen molar-refractivity contribution < 1.29 is 4.79 Å². The van der Waals surface area contributed by atoms with E-state index >= 15 is 0 Å². The predicted octanol–water partition coefficient (Wildman–Crippen LogP) is 1.60. The van der Waals surface area contributed by atoms with E-state index in [9.17, 15) is 9.59 Å². The van der Waals surface area contributed by atoms with Crippen molar-refractivity contribution in [2.75, 3.05) is 13.1 Å². The first-order chi connectivity index (χ1) is 12.5. The molecule has 1 fully saturated rings. The summed E-state index contributed by atoms with van der Waals surface area (Å²) in [5, 5.41) is 6.36. The number of nitrogens with zero attached hydrogens (tertiary/aromatic N) is 3. The summed E-state index contributed by atoms with van der Waals surface area (Å²) in [7, 11) is 0. The maximum absolute atomic E-state index is 12.9. The van der Waals surface area contributed by atoms with Crippen LogP contribution < -0.4 is 16.2 Å². The molecule has 7 nitrogen and oxygen atoms in total. The van der Waals surface area contributed by atoms with Crippen molar-refractivity contribution >= 4 is 18.3 Å². The molecule has 1 aliphatic rings. The molecule has 0 aliphatic carbocycles. The Morgan fingerprint density at radius 3 is 2.81 bits per heavy atom. The van der Waals surface area contributed by atoms with Crippen molar-refractivity contribution in [3.05, 3.63) is 57.5 Å². The van der Waals surface area contributed by atoms with Gasteiger partial charge in [0, 0.05) is 18.4 Å². The van der Waals surface area contributed by atoms with Crippen molar-refractivity contribution in [1.82, 2.24) is 25.2 Å². The molecule has 1 unspecified atom stereocenters. The molecule has 1 atom stereocenters. The van der Waals surface area contributed by atoms with Gasteiger partial charge < -0.3 is 15.2 Å². The summed E-state index contributed by atoms with van der Waals surface area (Å²) < 4.78 is 1.51. The van der Waals surface area contributed by atoms with Gasteiger partial charge in [-0.1, -0.05) is 0 Å². The molecule has 3 heterocycles. The fourth-order valence-corrected chi connectivity index (χ4v) is 3.16. The maximum Gasteiger partial charge on any atom is 0.264 e. The van der Waals surface area contributed by atoms with Gasteiger partial charge in [0.1, 0.15) is 5.56 Å². The van der Waals surface area contributed by atoms with E-state index in [4.69, 9.17) is 0 Å². The minimum absolute atomic E-state index is 0. The first-order valence-electron chi connectivity index (χ1n) is 9.04. The number of nitrogens with one attached hydrogen (secondary N) is 2. The highest BCUT2D eigenvalue weighted by atomic mass is 35.5. The fourth-order valence-electron chi connectivity index (χ4n) is 3.16. The molecule has 8 heteroatoms. The summed E-state index contributed by atoms with van der Waals surface area (Å²) in [5.74, 6) is -0.288. The van der Waals surface area contributed by atoms with Crippen LogP contribution in [0.25, 0.3) is 0 Å². The van der Waals surface area contributed by atoms with Gasteiger partial charge in [-0.2, -0.15) is 0 Å². The molecule has 1 aliphatic heterocycles. The Morgan fingerprint density at radius 1 is 1.26 bits per heavy atom. The van der Waals surface area contributed by atoms with E-state index in [1.807, 2.05) is 6.92 Å². The summed E-state index contributed by atoms with van der Waals surface area (Å²) in [4.78, 5) is 34.1. The molecule has 3 rings (SSSR count). The van der Waals surface area contributed by atoms with Crippen molar-refractivity contribution in [2.24, 2.45) is 0 Å². The molecule has 0 spiro atoms. The van der Waals surface area contributed by atoms with Crippen LogP contribution >= 0.6 is 12.4 Å². The lowest BCUT2D eigenvalue weighted by molar-refractivity contribution is 0.0931. The number of carbonyl (C=O) groups excluding carboxylic acids is 1. The topological polar surface area (TPSA) is 88.9 Å². The summed E-state index contributed by atoms with van der Waals surface area (Å²) in [5.41, 5.74) is 2.11. The zero-order valence-electron chi connectivity index (χ0n) is 15.7. The van der Waals surface area contributed by atoms with E-state index in [-0.39, 0.29) is 35.5 Å². The number of halogens is 1. The van der Waals surface area contributed by atoms with Crippen LogP contribution in [0.5, 0.6) is 0 Å². The van der Waals surface area contributed by atoms with Gasteiger partial charge in [-0.25, -0.2) is 0 Å². The zero-order chi connectivity index (χ0) is 18.5. The predicted molar refractivity (Wildman–Crippen MR) is 107 cm³/mol. The molecular formula is C19H26ClN5O2. The summed E-state index contributed by atoms with van der Waals surface area (Å²) >= 11 is 0. The molecule has 2 aromatic rings. The third kappa shape index (κ3) is 5.37. The quantitative estimate of drug-likeness (QED) is 0.826. The van der Waals surface area contributed by atoms with Crippen molar-refractivity contribution in [2.45, 2.75) is 45.7 Å². The summed E-state index contributed by atoms with van der Waals surface area (Å²) in [6.45, 7) is 5.80. The van der Waals surface area contributed by atoms with Crippen LogP contribution in [0.15, 0.2) is 29.5 Å². The van der Waals surface area contributed by atoms with E-state index in [1.54, 1.807) is 31.6 Å². The number of carbonyl (C=O) groups is 1. The molecule has 0 saturated carbocycles. The number of amides is 1. The van der Waals surface area contributed by atoms with Crippen molar-refractivity contribution in [3.8, 4) is 0 Å². The lowest BCUT2D eigenvalue weighted by atomic mass is 10.1. The SMILES string of the molecule is Cc1cnc(Cn2ccc(C)c(C(=O)NC3CCCNCC3)c2=O)cn1.Cl. The molecule has 0 aromatic carbocycles. The lowest BCUT2D eigenvalue weighted by Crippen LogP contribution is -2.40. The van der Waals surface area contributed by atoms with Gasteiger partial charge in [-0.15, -0.1) is 12.4 Å². The van der Waals surface area contributed by atoms with E-state index < -0.39 is 0 Å². The Hall–Kier alpha value is -2.25. The van der Waals surface area contributed by atoms with Crippen LogP contribution in [0.4, 0.5) is 0 Å². The first kappa shape index (κ1) is 21.1. The number of hydrogen-bond donors (Lipinski definition) is 2. The standard InChI is InChI=1S/C19H25N5O2.ClH/c1-13-6-9-24(12-16-11-21-14(2)10-22-16)19(26)17(13)18(25)23-15-4-3-7-20-8-5-15;/h6,9-11,15,20H,3-5,7-8,12H2,1-2H3,(H,23,25);1H. The van der Waals surface area contributed by atoms with E-state index in [0.717, 1.165) is 38.0 Å². The molecular weight excluding hydrogens is 366 g/mol. The van der Waals surface area contributed by atoms with E-state index in [2.05, 4.69) is 20.6 Å². The average Bonchev–Trinajstić information content (AvgIpc) is 2.88. The van der Waals surface area contributed by atoms with E-state index in [1.165, 1.54) is 4.57 Å². The number of hydrogen-bond acceptors (Lipinski definition) is 5. The largest absolute Gasteiger partial charge is 0.349 e. The van der Waals surface area contributed by atoms with Gasteiger partial charge in [0.15, 0.2) is 0 Å². The summed E-state index contributed by atoms with van der Waals surface area (Å²) in [6.07, 6.45) is 7.85. The van der Waals surface area contributed by atoms with Crippen LogP contribution in [-0.4, -0.2) is 39.6 Å². The highest BCUT2D eigenvalue weighted by Crippen LogP contribution is 2.08. The second kappa shape index (κ2) is 9.62. The van der Waals surface area contributed by atoms with Crippen LogP contribution in [0.1, 0.15) is 46.6 Å². The Balaban J connectivity index is 0.00000261. The minimum atomic E-state index is -0.295. The van der Waals surface area contributed by atoms with Crippen molar-refractivity contribution in [1.29, 1.82) is 0 Å². The number of pyridine rings is 1. The molecule has 2 aromatic heterocycles. The third-order valence-electron chi connectivity index (χ3n) is 4.68. The van der Waals surface area contributed by atoms with Gasteiger partial charge in [0.25, 0.3) is 11.5 Å². The fraction of sp³-hybridized carbons (Fsp3) is 0.474. The molecule has 0 bridgehead atoms. The molecule has 1 amide bonds. The van der Waals surface area contributed by atoms with Gasteiger partial charge in [-0.05, 0) is 57.8 Å². The Labute approximate surface area is 165 Å². The molecule has 146 valence electrons. The number of aromatic nitrogens is 3. The molecule has 27 heavy (non-hydrogen) atoms. The lowest BCUT2D eigenvalue weighted by Gasteiger charge is -2.17. The third-order valence-corrected chi connectivity index (χ3v) is 4.68. The van der Waals surface area contributed by atoms with Gasteiger partial charge in [0.05, 0.1) is 24.1 Å². The molecule has 0 radical (unpaired) electrons. The first-order valence-corrected chi connectivity index (χ1v) is 9.04. The maximum atomic E-state index is 12.9. The van der Waals surface area contributed by atoms with Crippen LogP contribution in [0.3, 0.4) is 0 Å². The Bertz CT molecular complexity index is 827. The highest BCUT2D eigenvalue weighted by molar-refractivity contribution is 5.95. The Morgan fingerprint density at radius 2 is 2.07 bits per heavy atom. The van der Waals surface area contributed by atoms with Crippen LogP contribution in [0, 0.1) is 13.8 Å². The van der Waals surface area contributed by atoms with E-state index in [0.29, 0.717) is 17.8 Å². The Kier molecular flexibility index (Phi) is 7.50. The van der Waals surface area contributed by atoms with Gasteiger partial charge >= 0.3 is 0 Å². The smallest absolute Gasteiger partial charge is 0.264 e. The van der Waals surface area contributed by atoms with Crippen LogP contribution in [0.2, 0.25) is 0 Å². The van der Waals surface area contributed by atoms with Gasteiger partial charge in [0.2, 0.25) is 0 Å². The van der Waals surface area contributed by atoms with Crippen LogP contribution in [-0.2, 0) is 6.54 Å². The number of aryl methyl sites for hydroxylation is 2. The normalized spacial score (nSPS) is 16.9. The molecule has 1 saturated heterocycles. The average molecular weight is 392 g/mol. The molecule has 2 N–H and O–H groups in total. The van der Waals surface area contributed by atoms with Gasteiger partial charge in [-0.3, -0.25) is 19.6 Å². The highest BCUT2D eigenvalue weighted by Gasteiger charge is 2.20. The van der Waals surface area contributed by atoms with Crippen molar-refractivity contribution in [3.63, 3.8) is 0 Å².